The number of piperidine rings is 1. The number of likely N-dealkylation sites (tertiary alicyclic amines) is 1. The first-order valence-corrected chi connectivity index (χ1v) is 9.55. The maximum Gasteiger partial charge on any atom is 0.257 e. The predicted molar refractivity (Wildman–Crippen MR) is 106 cm³/mol. The molecule has 8 heteroatoms. The summed E-state index contributed by atoms with van der Waals surface area (Å²) in [4.78, 5) is 23.6. The molecule has 1 aliphatic heterocycles. The third kappa shape index (κ3) is 4.06. The maximum absolute atomic E-state index is 12.8. The van der Waals surface area contributed by atoms with Gasteiger partial charge in [-0.05, 0) is 25.0 Å². The van der Waals surface area contributed by atoms with Crippen molar-refractivity contribution in [3.63, 3.8) is 0 Å². The van der Waals surface area contributed by atoms with Gasteiger partial charge < -0.3 is 14.4 Å². The number of ether oxygens (including phenoxy) is 2. The summed E-state index contributed by atoms with van der Waals surface area (Å²) in [5, 5.41) is 4.10. The van der Waals surface area contributed by atoms with Gasteiger partial charge in [-0.15, -0.1) is 0 Å². The smallest absolute Gasteiger partial charge is 0.257 e. The van der Waals surface area contributed by atoms with Gasteiger partial charge in [-0.25, -0.2) is 4.98 Å². The van der Waals surface area contributed by atoms with E-state index in [1.165, 1.54) is 0 Å². The highest BCUT2D eigenvalue weighted by molar-refractivity contribution is 5.93. The van der Waals surface area contributed by atoms with Crippen LogP contribution in [-0.4, -0.2) is 50.8 Å². The van der Waals surface area contributed by atoms with Crippen molar-refractivity contribution in [3.8, 4) is 17.4 Å². The molecule has 1 atom stereocenters. The second kappa shape index (κ2) is 8.30. The van der Waals surface area contributed by atoms with Crippen LogP contribution in [0.4, 0.5) is 0 Å². The molecule has 0 aliphatic carbocycles. The fourth-order valence-corrected chi connectivity index (χ4v) is 3.60. The minimum absolute atomic E-state index is 0.0149. The zero-order valence-corrected chi connectivity index (χ0v) is 16.5. The standard InChI is InChI=1S/C21H23N5O3/c1-25-13-16(12-24-25)21(27)26-11-5-6-15(14-26)19-20(23-10-9-22-19)29-18-8-4-3-7-17(18)28-2/h3-4,7-10,12-13,15H,5-6,11,14H2,1-2H3. The lowest BCUT2D eigenvalue weighted by molar-refractivity contribution is 0.0704. The van der Waals surface area contributed by atoms with Gasteiger partial charge in [0.05, 0.1) is 18.9 Å². The van der Waals surface area contributed by atoms with Gasteiger partial charge in [0.15, 0.2) is 11.5 Å². The van der Waals surface area contributed by atoms with Gasteiger partial charge in [0, 0.05) is 44.6 Å². The number of nitrogens with zero attached hydrogens (tertiary/aromatic N) is 5. The molecule has 1 aromatic carbocycles. The quantitative estimate of drug-likeness (QED) is 0.663. The van der Waals surface area contributed by atoms with Gasteiger partial charge >= 0.3 is 0 Å². The van der Waals surface area contributed by atoms with E-state index in [2.05, 4.69) is 15.1 Å². The third-order valence-corrected chi connectivity index (χ3v) is 5.01. The van der Waals surface area contributed by atoms with E-state index in [0.717, 1.165) is 18.5 Å². The molecule has 3 heterocycles. The molecule has 1 saturated heterocycles. The maximum atomic E-state index is 12.8. The Kier molecular flexibility index (Phi) is 5.41. The fraction of sp³-hybridized carbons (Fsp3) is 0.333. The van der Waals surface area contributed by atoms with Crippen LogP contribution in [0.5, 0.6) is 17.4 Å². The Morgan fingerprint density at radius 1 is 1.17 bits per heavy atom. The molecule has 2 aromatic heterocycles. The van der Waals surface area contributed by atoms with Crippen LogP contribution in [0.15, 0.2) is 49.1 Å². The van der Waals surface area contributed by atoms with Gasteiger partial charge in [-0.1, -0.05) is 12.1 Å². The number of benzene rings is 1. The SMILES string of the molecule is COc1ccccc1Oc1nccnc1C1CCCN(C(=O)c2cnn(C)c2)C1. The van der Waals surface area contributed by atoms with E-state index < -0.39 is 0 Å². The van der Waals surface area contributed by atoms with E-state index in [4.69, 9.17) is 9.47 Å². The number of methoxy groups -OCH3 is 1. The fourth-order valence-electron chi connectivity index (χ4n) is 3.60. The first kappa shape index (κ1) is 18.9. The highest BCUT2D eigenvalue weighted by Crippen LogP contribution is 2.35. The first-order valence-electron chi connectivity index (χ1n) is 9.55. The number of aromatic nitrogens is 4. The number of aryl methyl sites for hydroxylation is 1. The summed E-state index contributed by atoms with van der Waals surface area (Å²) in [5.74, 6) is 1.68. The van der Waals surface area contributed by atoms with Crippen molar-refractivity contribution in [1.82, 2.24) is 24.6 Å². The van der Waals surface area contributed by atoms with E-state index in [9.17, 15) is 4.79 Å². The largest absolute Gasteiger partial charge is 0.493 e. The van der Waals surface area contributed by atoms with Crippen LogP contribution < -0.4 is 9.47 Å². The third-order valence-electron chi connectivity index (χ3n) is 5.01. The highest BCUT2D eigenvalue weighted by atomic mass is 16.5. The molecule has 0 saturated carbocycles. The molecular weight excluding hydrogens is 370 g/mol. The number of carbonyl (C=O) groups is 1. The van der Waals surface area contributed by atoms with E-state index in [-0.39, 0.29) is 11.8 Å². The molecule has 0 N–H and O–H groups in total. The molecular formula is C21H23N5O3. The van der Waals surface area contributed by atoms with Gasteiger partial charge in [0.2, 0.25) is 5.88 Å². The Labute approximate surface area is 169 Å². The van der Waals surface area contributed by atoms with Crippen molar-refractivity contribution in [2.24, 2.45) is 7.05 Å². The molecule has 1 unspecified atom stereocenters. The number of rotatable bonds is 5. The summed E-state index contributed by atoms with van der Waals surface area (Å²) in [5.41, 5.74) is 1.35. The Balaban J connectivity index is 1.56. The summed E-state index contributed by atoms with van der Waals surface area (Å²) >= 11 is 0. The van der Waals surface area contributed by atoms with Crippen molar-refractivity contribution < 1.29 is 14.3 Å². The topological polar surface area (TPSA) is 82.4 Å². The van der Waals surface area contributed by atoms with Crippen LogP contribution in [0.2, 0.25) is 0 Å². The Morgan fingerprint density at radius 3 is 2.72 bits per heavy atom. The van der Waals surface area contributed by atoms with Crippen molar-refractivity contribution in [1.29, 1.82) is 0 Å². The zero-order valence-electron chi connectivity index (χ0n) is 16.5. The van der Waals surface area contributed by atoms with Crippen LogP contribution in [0.25, 0.3) is 0 Å². The summed E-state index contributed by atoms with van der Waals surface area (Å²) in [6.07, 6.45) is 8.41. The van der Waals surface area contributed by atoms with Gasteiger partial charge in [-0.2, -0.15) is 5.10 Å². The number of hydrogen-bond acceptors (Lipinski definition) is 6. The van der Waals surface area contributed by atoms with Crippen LogP contribution >= 0.6 is 0 Å². The first-order chi connectivity index (χ1) is 14.2. The molecule has 150 valence electrons. The van der Waals surface area contributed by atoms with E-state index in [1.54, 1.807) is 43.6 Å². The van der Waals surface area contributed by atoms with Crippen LogP contribution in [0.3, 0.4) is 0 Å². The lowest BCUT2D eigenvalue weighted by Gasteiger charge is -2.32. The zero-order chi connectivity index (χ0) is 20.2. The molecule has 3 aromatic rings. The van der Waals surface area contributed by atoms with E-state index in [1.807, 2.05) is 29.2 Å². The summed E-state index contributed by atoms with van der Waals surface area (Å²) in [6, 6.07) is 7.42. The second-order valence-electron chi connectivity index (χ2n) is 6.99. The van der Waals surface area contributed by atoms with Gasteiger partial charge in [0.1, 0.15) is 5.69 Å². The van der Waals surface area contributed by atoms with Gasteiger partial charge in [-0.3, -0.25) is 14.5 Å². The Morgan fingerprint density at radius 2 is 1.97 bits per heavy atom. The number of hydrogen-bond donors (Lipinski definition) is 0. The Bertz CT molecular complexity index is 1000. The molecule has 8 nitrogen and oxygen atoms in total. The molecule has 0 bridgehead atoms. The molecule has 4 rings (SSSR count). The monoisotopic (exact) mass is 393 g/mol. The van der Waals surface area contributed by atoms with E-state index >= 15 is 0 Å². The van der Waals surface area contributed by atoms with Crippen molar-refractivity contribution in [2.45, 2.75) is 18.8 Å². The molecule has 29 heavy (non-hydrogen) atoms. The number of para-hydroxylation sites is 2. The van der Waals surface area contributed by atoms with Gasteiger partial charge in [0.25, 0.3) is 5.91 Å². The lowest BCUT2D eigenvalue weighted by Crippen LogP contribution is -2.39. The predicted octanol–water partition coefficient (Wildman–Crippen LogP) is 3.03. The van der Waals surface area contributed by atoms with Crippen LogP contribution in [-0.2, 0) is 7.05 Å². The number of amides is 1. The normalized spacial score (nSPS) is 16.5. The average Bonchev–Trinajstić information content (AvgIpc) is 3.20. The Hall–Kier alpha value is -3.42. The van der Waals surface area contributed by atoms with Crippen molar-refractivity contribution in [2.75, 3.05) is 20.2 Å². The molecule has 0 radical (unpaired) electrons. The highest BCUT2D eigenvalue weighted by Gasteiger charge is 2.29. The molecule has 1 aliphatic rings. The van der Waals surface area contributed by atoms with Crippen molar-refractivity contribution in [3.05, 3.63) is 60.3 Å². The summed E-state index contributed by atoms with van der Waals surface area (Å²) in [7, 11) is 3.40. The van der Waals surface area contributed by atoms with Crippen LogP contribution in [0.1, 0.15) is 34.8 Å². The summed E-state index contributed by atoms with van der Waals surface area (Å²) < 4.78 is 13.1. The molecule has 0 spiro atoms. The lowest BCUT2D eigenvalue weighted by atomic mass is 9.94. The minimum Gasteiger partial charge on any atom is -0.493 e. The van der Waals surface area contributed by atoms with E-state index in [0.29, 0.717) is 36.0 Å². The van der Waals surface area contributed by atoms with Crippen molar-refractivity contribution >= 4 is 5.91 Å². The number of carbonyl (C=O) groups excluding carboxylic acids is 1. The molecule has 1 fully saturated rings. The minimum atomic E-state index is -0.0149. The average molecular weight is 393 g/mol. The summed E-state index contributed by atoms with van der Waals surface area (Å²) in [6.45, 7) is 1.28. The second-order valence-corrected chi connectivity index (χ2v) is 6.99. The van der Waals surface area contributed by atoms with Crippen LogP contribution in [0, 0.1) is 0 Å². The molecule has 1 amide bonds.